The lowest BCUT2D eigenvalue weighted by atomic mass is 9.76. The first-order valence-electron chi connectivity index (χ1n) is 12.1. The number of rotatable bonds is 7. The molecule has 2 N–H and O–H groups in total. The van der Waals surface area contributed by atoms with Crippen LogP contribution < -0.4 is 20.1 Å². The number of ether oxygens (including phenoxy) is 2. The Kier molecular flexibility index (Phi) is 5.79. The molecule has 4 atom stereocenters. The van der Waals surface area contributed by atoms with E-state index in [1.807, 2.05) is 42.5 Å². The van der Waals surface area contributed by atoms with Gasteiger partial charge in [-0.3, -0.25) is 24.6 Å². The fraction of sp³-hybridized carbons (Fsp3) is 0.444. The van der Waals surface area contributed by atoms with Crippen molar-refractivity contribution < 1.29 is 23.9 Å². The summed E-state index contributed by atoms with van der Waals surface area (Å²) < 4.78 is 10.7. The van der Waals surface area contributed by atoms with Gasteiger partial charge in [0.2, 0.25) is 17.7 Å². The maximum atomic E-state index is 13.8. The van der Waals surface area contributed by atoms with E-state index in [1.165, 1.54) is 4.90 Å². The second kappa shape index (κ2) is 8.68. The van der Waals surface area contributed by atoms with E-state index in [0.29, 0.717) is 35.9 Å². The number of fused-ring (bicyclic) bond motifs is 4. The highest BCUT2D eigenvalue weighted by molar-refractivity contribution is 6.15. The van der Waals surface area contributed by atoms with E-state index in [-0.39, 0.29) is 30.3 Å². The Labute approximate surface area is 205 Å². The minimum Gasteiger partial charge on any atom is -0.493 e. The molecule has 3 heterocycles. The van der Waals surface area contributed by atoms with Crippen molar-refractivity contribution in [2.75, 3.05) is 26.1 Å². The highest BCUT2D eigenvalue weighted by Gasteiger charge is 2.70. The smallest absolute Gasteiger partial charge is 0.250 e. The summed E-state index contributed by atoms with van der Waals surface area (Å²) in [7, 11) is 3.15. The number of nitrogens with zero attached hydrogens (tertiary/aromatic N) is 1. The van der Waals surface area contributed by atoms with Crippen molar-refractivity contribution in [2.24, 2.45) is 17.8 Å². The molecule has 2 saturated heterocycles. The zero-order valence-corrected chi connectivity index (χ0v) is 20.5. The van der Waals surface area contributed by atoms with Crippen LogP contribution in [0.15, 0.2) is 42.5 Å². The average molecular weight is 478 g/mol. The van der Waals surface area contributed by atoms with E-state index in [0.717, 1.165) is 11.1 Å². The van der Waals surface area contributed by atoms with Crippen LogP contribution in [0.2, 0.25) is 0 Å². The van der Waals surface area contributed by atoms with Crippen LogP contribution in [0.3, 0.4) is 0 Å². The Bertz CT molecular complexity index is 1200. The van der Waals surface area contributed by atoms with Gasteiger partial charge in [-0.25, -0.2) is 0 Å². The van der Waals surface area contributed by atoms with E-state index in [2.05, 4.69) is 24.5 Å². The SMILES string of the molecule is COc1ccc(CCN2C(=O)[C@H]3C(CC(C)C)NC4(C(=O)Nc5ccccc54)[C@H]3C2=O)cc1OC. The first-order chi connectivity index (χ1) is 16.8. The molecule has 1 spiro atoms. The van der Waals surface area contributed by atoms with Crippen LogP contribution in [0.5, 0.6) is 11.5 Å². The van der Waals surface area contributed by atoms with Gasteiger partial charge in [0.15, 0.2) is 11.5 Å². The number of imide groups is 1. The van der Waals surface area contributed by atoms with Crippen LogP contribution in [-0.4, -0.2) is 49.4 Å². The van der Waals surface area contributed by atoms with Gasteiger partial charge in [-0.15, -0.1) is 0 Å². The maximum absolute atomic E-state index is 13.8. The number of hydrogen-bond donors (Lipinski definition) is 2. The number of para-hydroxylation sites is 1. The fourth-order valence-electron chi connectivity index (χ4n) is 6.03. The Hall–Kier alpha value is -3.39. The van der Waals surface area contributed by atoms with Crippen molar-refractivity contribution in [1.29, 1.82) is 0 Å². The normalized spacial score (nSPS) is 26.9. The van der Waals surface area contributed by atoms with E-state index >= 15 is 0 Å². The minimum absolute atomic E-state index is 0.201. The molecule has 2 aromatic carbocycles. The van der Waals surface area contributed by atoms with E-state index in [4.69, 9.17) is 9.47 Å². The van der Waals surface area contributed by atoms with Gasteiger partial charge in [0.05, 0.1) is 26.1 Å². The summed E-state index contributed by atoms with van der Waals surface area (Å²) in [5.74, 6) is -0.580. The molecule has 8 nitrogen and oxygen atoms in total. The quantitative estimate of drug-likeness (QED) is 0.596. The molecule has 8 heteroatoms. The summed E-state index contributed by atoms with van der Waals surface area (Å²) in [6.07, 6.45) is 1.18. The van der Waals surface area contributed by atoms with Crippen molar-refractivity contribution in [1.82, 2.24) is 10.2 Å². The van der Waals surface area contributed by atoms with Gasteiger partial charge in [0, 0.05) is 23.8 Å². The summed E-state index contributed by atoms with van der Waals surface area (Å²) in [4.78, 5) is 42.3. The van der Waals surface area contributed by atoms with Crippen molar-refractivity contribution in [3.8, 4) is 11.5 Å². The van der Waals surface area contributed by atoms with Gasteiger partial charge < -0.3 is 14.8 Å². The van der Waals surface area contributed by atoms with Crippen LogP contribution >= 0.6 is 0 Å². The molecule has 0 aromatic heterocycles. The molecule has 0 radical (unpaired) electrons. The van der Waals surface area contributed by atoms with Crippen LogP contribution in [0.1, 0.15) is 31.4 Å². The predicted molar refractivity (Wildman–Crippen MR) is 130 cm³/mol. The summed E-state index contributed by atoms with van der Waals surface area (Å²) in [5, 5.41) is 6.42. The minimum atomic E-state index is -1.23. The highest BCUT2D eigenvalue weighted by atomic mass is 16.5. The summed E-state index contributed by atoms with van der Waals surface area (Å²) in [6.45, 7) is 4.41. The first kappa shape index (κ1) is 23.4. The molecule has 35 heavy (non-hydrogen) atoms. The number of hydrogen-bond acceptors (Lipinski definition) is 6. The standard InChI is InChI=1S/C27H31N3O5/c1-15(2)13-19-22-23(27(29-19)17-7-5-6-8-18(17)28-26(27)33)25(32)30(24(22)31)12-11-16-9-10-20(34-3)21(14-16)35-4/h5-10,14-15,19,22-23,29H,11-13H2,1-4H3,(H,28,33)/t19?,22-,23+,27?/m0/s1. The van der Waals surface area contributed by atoms with Gasteiger partial charge in [0.25, 0.3) is 0 Å². The molecule has 3 aliphatic heterocycles. The Morgan fingerprint density at radius 3 is 2.46 bits per heavy atom. The second-order valence-electron chi connectivity index (χ2n) is 9.96. The lowest BCUT2D eigenvalue weighted by Gasteiger charge is -2.30. The Morgan fingerprint density at radius 2 is 1.74 bits per heavy atom. The third-order valence-electron chi connectivity index (χ3n) is 7.51. The number of carbonyl (C=O) groups is 3. The third kappa shape index (κ3) is 3.50. The number of anilines is 1. The van der Waals surface area contributed by atoms with Gasteiger partial charge in [-0.05, 0) is 42.5 Å². The zero-order valence-electron chi connectivity index (χ0n) is 20.5. The predicted octanol–water partition coefficient (Wildman–Crippen LogP) is 2.71. The van der Waals surface area contributed by atoms with Crippen LogP contribution in [0.4, 0.5) is 5.69 Å². The summed E-state index contributed by atoms with van der Waals surface area (Å²) in [5.41, 5.74) is 1.13. The first-order valence-corrected chi connectivity index (χ1v) is 12.1. The Morgan fingerprint density at radius 1 is 1.00 bits per heavy atom. The summed E-state index contributed by atoms with van der Waals surface area (Å²) >= 11 is 0. The lowest BCUT2D eigenvalue weighted by molar-refractivity contribution is -0.142. The van der Waals surface area contributed by atoms with E-state index < -0.39 is 17.4 Å². The van der Waals surface area contributed by atoms with Gasteiger partial charge in [0.1, 0.15) is 5.54 Å². The lowest BCUT2D eigenvalue weighted by Crippen LogP contribution is -2.53. The number of methoxy groups -OCH3 is 2. The highest BCUT2D eigenvalue weighted by Crippen LogP contribution is 2.53. The maximum Gasteiger partial charge on any atom is 0.250 e. The molecule has 3 amide bonds. The van der Waals surface area contributed by atoms with Crippen molar-refractivity contribution in [2.45, 2.75) is 38.3 Å². The van der Waals surface area contributed by atoms with Gasteiger partial charge >= 0.3 is 0 Å². The van der Waals surface area contributed by atoms with Gasteiger partial charge in [-0.2, -0.15) is 0 Å². The molecule has 2 aromatic rings. The van der Waals surface area contributed by atoms with E-state index in [9.17, 15) is 14.4 Å². The largest absolute Gasteiger partial charge is 0.493 e. The molecular weight excluding hydrogens is 446 g/mol. The van der Waals surface area contributed by atoms with Gasteiger partial charge in [-0.1, -0.05) is 38.1 Å². The van der Waals surface area contributed by atoms with Crippen LogP contribution in [0, 0.1) is 17.8 Å². The molecule has 0 saturated carbocycles. The van der Waals surface area contributed by atoms with Crippen molar-refractivity contribution in [3.63, 3.8) is 0 Å². The third-order valence-corrected chi connectivity index (χ3v) is 7.51. The Balaban J connectivity index is 1.47. The van der Waals surface area contributed by atoms with Crippen molar-refractivity contribution in [3.05, 3.63) is 53.6 Å². The molecule has 3 aliphatic rings. The monoisotopic (exact) mass is 477 g/mol. The summed E-state index contributed by atoms with van der Waals surface area (Å²) in [6, 6.07) is 12.7. The van der Waals surface area contributed by atoms with E-state index in [1.54, 1.807) is 14.2 Å². The molecule has 184 valence electrons. The van der Waals surface area contributed by atoms with Crippen LogP contribution in [0.25, 0.3) is 0 Å². The number of amides is 3. The van der Waals surface area contributed by atoms with Crippen molar-refractivity contribution >= 4 is 23.4 Å². The average Bonchev–Trinajstić information content (AvgIpc) is 3.41. The number of nitrogens with one attached hydrogen (secondary N) is 2. The zero-order chi connectivity index (χ0) is 24.9. The fourth-order valence-corrected chi connectivity index (χ4v) is 6.03. The second-order valence-corrected chi connectivity index (χ2v) is 9.96. The molecule has 0 aliphatic carbocycles. The number of likely N-dealkylation sites (tertiary alicyclic amines) is 1. The number of benzene rings is 2. The molecule has 0 bridgehead atoms. The topological polar surface area (TPSA) is 97.0 Å². The molecular formula is C27H31N3O5. The molecule has 2 unspecified atom stereocenters. The number of carbonyl (C=O) groups excluding carboxylic acids is 3. The molecule has 2 fully saturated rings. The van der Waals surface area contributed by atoms with Crippen LogP contribution in [-0.2, 0) is 26.3 Å². The molecule has 5 rings (SSSR count).